The van der Waals surface area contributed by atoms with Crippen molar-refractivity contribution in [1.29, 1.82) is 0 Å². The number of hydrogen-bond acceptors (Lipinski definition) is 6. The lowest BCUT2D eigenvalue weighted by Gasteiger charge is -2.26. The van der Waals surface area contributed by atoms with Gasteiger partial charge in [0.2, 0.25) is 5.95 Å². The first kappa shape index (κ1) is 16.7. The van der Waals surface area contributed by atoms with E-state index in [1.807, 2.05) is 12.3 Å². The van der Waals surface area contributed by atoms with E-state index in [-0.39, 0.29) is 12.0 Å². The average molecular weight is 355 g/mol. The van der Waals surface area contributed by atoms with E-state index in [2.05, 4.69) is 20.4 Å². The molecule has 1 aliphatic rings. The fraction of sp³-hybridized carbons (Fsp3) is 0.389. The summed E-state index contributed by atoms with van der Waals surface area (Å²) in [4.78, 5) is 8.07. The predicted octanol–water partition coefficient (Wildman–Crippen LogP) is 2.52. The van der Waals surface area contributed by atoms with Crippen molar-refractivity contribution in [3.63, 3.8) is 0 Å². The molecule has 1 fully saturated rings. The van der Waals surface area contributed by atoms with E-state index >= 15 is 0 Å². The fourth-order valence-electron chi connectivity index (χ4n) is 3.59. The molecule has 0 bridgehead atoms. The highest BCUT2D eigenvalue weighted by Gasteiger charge is 2.39. The molecule has 1 aliphatic carbocycles. The van der Waals surface area contributed by atoms with E-state index in [0.29, 0.717) is 13.0 Å². The first-order valence-corrected chi connectivity index (χ1v) is 8.71. The zero-order valence-electron chi connectivity index (χ0n) is 14.6. The molecule has 0 aromatic carbocycles. The Labute approximate surface area is 150 Å². The lowest BCUT2D eigenvalue weighted by Crippen LogP contribution is -2.36. The number of nitrogens with one attached hydrogen (secondary N) is 1. The molecule has 4 rings (SSSR count). The SMILES string of the molecule is CC1(F)CCCC1Nc1c(CN)cnn2cc(-c3cnc(N)nc3)cc12. The maximum absolute atomic E-state index is 14.8. The number of aromatic nitrogens is 4. The maximum atomic E-state index is 14.8. The van der Waals surface area contributed by atoms with Crippen molar-refractivity contribution in [1.82, 2.24) is 19.6 Å². The van der Waals surface area contributed by atoms with Gasteiger partial charge in [-0.3, -0.25) is 0 Å². The predicted molar refractivity (Wildman–Crippen MR) is 99.3 cm³/mol. The second-order valence-electron chi connectivity index (χ2n) is 7.00. The van der Waals surface area contributed by atoms with Crippen LogP contribution in [0.2, 0.25) is 0 Å². The molecular formula is C18H22FN7. The van der Waals surface area contributed by atoms with Crippen molar-refractivity contribution in [3.05, 3.63) is 36.4 Å². The lowest BCUT2D eigenvalue weighted by molar-refractivity contribution is 0.184. The van der Waals surface area contributed by atoms with E-state index in [1.165, 1.54) is 0 Å². The van der Waals surface area contributed by atoms with Crippen LogP contribution in [-0.4, -0.2) is 31.3 Å². The highest BCUT2D eigenvalue weighted by molar-refractivity contribution is 5.81. The van der Waals surface area contributed by atoms with Gasteiger partial charge in [0.25, 0.3) is 0 Å². The Morgan fingerprint density at radius 3 is 2.73 bits per heavy atom. The molecule has 5 N–H and O–H groups in total. The number of fused-ring (bicyclic) bond motifs is 1. The normalized spacial score (nSPS) is 22.8. The third-order valence-electron chi connectivity index (χ3n) is 5.14. The van der Waals surface area contributed by atoms with Gasteiger partial charge >= 0.3 is 0 Å². The average Bonchev–Trinajstić information content (AvgIpc) is 3.19. The monoisotopic (exact) mass is 355 g/mol. The van der Waals surface area contributed by atoms with Crippen LogP contribution in [0.4, 0.5) is 16.0 Å². The van der Waals surface area contributed by atoms with Gasteiger partial charge in [-0.2, -0.15) is 5.10 Å². The van der Waals surface area contributed by atoms with Crippen molar-refractivity contribution in [3.8, 4) is 11.1 Å². The van der Waals surface area contributed by atoms with Crippen LogP contribution < -0.4 is 16.8 Å². The molecule has 136 valence electrons. The van der Waals surface area contributed by atoms with Crippen LogP contribution in [0.3, 0.4) is 0 Å². The quantitative estimate of drug-likeness (QED) is 0.664. The Balaban J connectivity index is 1.78. The lowest BCUT2D eigenvalue weighted by atomic mass is 10.0. The molecule has 0 aliphatic heterocycles. The Morgan fingerprint density at radius 2 is 2.08 bits per heavy atom. The van der Waals surface area contributed by atoms with Gasteiger partial charge in [-0.15, -0.1) is 0 Å². The highest BCUT2D eigenvalue weighted by Crippen LogP contribution is 2.37. The smallest absolute Gasteiger partial charge is 0.219 e. The van der Waals surface area contributed by atoms with Crippen molar-refractivity contribution in [2.24, 2.45) is 5.73 Å². The summed E-state index contributed by atoms with van der Waals surface area (Å²) in [6.07, 6.45) is 9.19. The minimum Gasteiger partial charge on any atom is -0.377 e. The van der Waals surface area contributed by atoms with Crippen molar-refractivity contribution in [2.45, 2.75) is 44.4 Å². The third-order valence-corrected chi connectivity index (χ3v) is 5.14. The van der Waals surface area contributed by atoms with Gasteiger partial charge in [0.05, 0.1) is 23.4 Å². The van der Waals surface area contributed by atoms with Crippen LogP contribution >= 0.6 is 0 Å². The molecule has 1 saturated carbocycles. The zero-order chi connectivity index (χ0) is 18.3. The van der Waals surface area contributed by atoms with Crippen molar-refractivity contribution >= 4 is 17.2 Å². The number of halogens is 1. The fourth-order valence-corrected chi connectivity index (χ4v) is 3.59. The summed E-state index contributed by atoms with van der Waals surface area (Å²) in [6.45, 7) is 1.99. The summed E-state index contributed by atoms with van der Waals surface area (Å²) in [6, 6.07) is 1.74. The van der Waals surface area contributed by atoms with Gasteiger partial charge in [0.15, 0.2) is 0 Å². The second kappa shape index (κ2) is 6.21. The number of nitrogen functional groups attached to an aromatic ring is 1. The molecular weight excluding hydrogens is 333 g/mol. The Bertz CT molecular complexity index is 933. The number of rotatable bonds is 4. The number of nitrogens with zero attached hydrogens (tertiary/aromatic N) is 4. The number of hydrogen-bond donors (Lipinski definition) is 3. The Kier molecular flexibility index (Phi) is 3.99. The van der Waals surface area contributed by atoms with E-state index in [9.17, 15) is 4.39 Å². The van der Waals surface area contributed by atoms with Gasteiger partial charge in [0, 0.05) is 41.8 Å². The van der Waals surface area contributed by atoms with Gasteiger partial charge in [-0.05, 0) is 32.3 Å². The maximum Gasteiger partial charge on any atom is 0.219 e. The second-order valence-corrected chi connectivity index (χ2v) is 7.00. The molecule has 0 radical (unpaired) electrons. The summed E-state index contributed by atoms with van der Waals surface area (Å²) in [5, 5.41) is 7.83. The van der Waals surface area contributed by atoms with Gasteiger partial charge < -0.3 is 16.8 Å². The molecule has 0 spiro atoms. The molecule has 2 unspecified atom stereocenters. The van der Waals surface area contributed by atoms with E-state index < -0.39 is 5.67 Å². The molecule has 7 nitrogen and oxygen atoms in total. The van der Waals surface area contributed by atoms with E-state index in [1.54, 1.807) is 30.0 Å². The molecule has 2 atom stereocenters. The topological polar surface area (TPSA) is 107 Å². The molecule has 26 heavy (non-hydrogen) atoms. The molecule has 8 heteroatoms. The van der Waals surface area contributed by atoms with Crippen LogP contribution in [0.15, 0.2) is 30.9 Å². The van der Waals surface area contributed by atoms with Crippen LogP contribution in [0, 0.1) is 0 Å². The summed E-state index contributed by atoms with van der Waals surface area (Å²) >= 11 is 0. The Hall–Kier alpha value is -2.74. The molecule has 3 aromatic heterocycles. The summed E-state index contributed by atoms with van der Waals surface area (Å²) < 4.78 is 16.5. The van der Waals surface area contributed by atoms with E-state index in [4.69, 9.17) is 11.5 Å². The molecule has 0 saturated heterocycles. The van der Waals surface area contributed by atoms with Gasteiger partial charge in [-0.1, -0.05) is 0 Å². The number of alkyl halides is 1. The van der Waals surface area contributed by atoms with Crippen molar-refractivity contribution in [2.75, 3.05) is 11.1 Å². The largest absolute Gasteiger partial charge is 0.377 e. The first-order valence-electron chi connectivity index (χ1n) is 8.71. The minimum absolute atomic E-state index is 0.229. The summed E-state index contributed by atoms with van der Waals surface area (Å²) in [7, 11) is 0. The summed E-state index contributed by atoms with van der Waals surface area (Å²) in [5.41, 5.74) is 14.5. The van der Waals surface area contributed by atoms with Crippen LogP contribution in [0.1, 0.15) is 31.7 Å². The molecule has 0 amide bonds. The van der Waals surface area contributed by atoms with E-state index in [0.717, 1.165) is 40.7 Å². The highest BCUT2D eigenvalue weighted by atomic mass is 19.1. The first-order chi connectivity index (χ1) is 12.5. The minimum atomic E-state index is -1.23. The number of anilines is 2. The van der Waals surface area contributed by atoms with Crippen LogP contribution in [0.5, 0.6) is 0 Å². The van der Waals surface area contributed by atoms with Gasteiger partial charge in [0.1, 0.15) is 5.67 Å². The standard InChI is InChI=1S/C18H22FN7/c1-18(19)4-2-3-15(18)25-16-12(6-20)9-24-26-10-11(5-14(16)26)13-7-22-17(21)23-8-13/h5,7-10,15,25H,2-4,6,20H2,1H3,(H2,21,22,23). The third kappa shape index (κ3) is 2.86. The Morgan fingerprint density at radius 1 is 1.31 bits per heavy atom. The summed E-state index contributed by atoms with van der Waals surface area (Å²) in [5.74, 6) is 0.229. The number of nitrogens with two attached hydrogens (primary N) is 2. The molecule has 3 heterocycles. The van der Waals surface area contributed by atoms with Crippen LogP contribution in [-0.2, 0) is 6.54 Å². The van der Waals surface area contributed by atoms with Crippen LogP contribution in [0.25, 0.3) is 16.6 Å². The zero-order valence-corrected chi connectivity index (χ0v) is 14.6. The van der Waals surface area contributed by atoms with Gasteiger partial charge in [-0.25, -0.2) is 18.9 Å². The van der Waals surface area contributed by atoms with Crippen molar-refractivity contribution < 1.29 is 4.39 Å². The molecule has 3 aromatic rings.